The number of nitrogens with two attached hydrogens (primary N) is 1. The SMILES string of the molecule is CC(=O)S[C@]1([C@H]([C@H](N)C(=O)O)n2cccc2)CN(n2cccc2)C(C=O)=N1. The van der Waals surface area contributed by atoms with E-state index in [1.54, 1.807) is 63.3 Å². The van der Waals surface area contributed by atoms with E-state index in [0.29, 0.717) is 6.29 Å². The van der Waals surface area contributed by atoms with Gasteiger partial charge in [-0.2, -0.15) is 0 Å². The number of aromatic nitrogens is 2. The second-order valence-corrected chi connectivity index (χ2v) is 7.57. The lowest BCUT2D eigenvalue weighted by Gasteiger charge is -2.37. The molecular weight excluding hydrogens is 370 g/mol. The number of carbonyl (C=O) groups excluding carboxylic acids is 2. The maximum absolute atomic E-state index is 12.0. The van der Waals surface area contributed by atoms with E-state index in [0.717, 1.165) is 11.8 Å². The van der Waals surface area contributed by atoms with Crippen LogP contribution in [0, 0.1) is 0 Å². The van der Waals surface area contributed by atoms with Gasteiger partial charge in [0.05, 0.1) is 12.6 Å². The molecule has 27 heavy (non-hydrogen) atoms. The van der Waals surface area contributed by atoms with Gasteiger partial charge in [-0.05, 0) is 24.3 Å². The molecule has 0 saturated heterocycles. The highest BCUT2D eigenvalue weighted by molar-refractivity contribution is 8.14. The quantitative estimate of drug-likeness (QED) is 0.660. The molecule has 9 nitrogen and oxygen atoms in total. The van der Waals surface area contributed by atoms with Crippen molar-refractivity contribution in [3.63, 3.8) is 0 Å². The summed E-state index contributed by atoms with van der Waals surface area (Å²) in [6.07, 6.45) is 7.39. The van der Waals surface area contributed by atoms with Crippen molar-refractivity contribution in [3.8, 4) is 0 Å². The molecule has 142 valence electrons. The molecule has 0 saturated carbocycles. The Bertz CT molecular complexity index is 864. The number of amidine groups is 1. The number of hydrogen-bond donors (Lipinski definition) is 2. The molecule has 0 aliphatic carbocycles. The molecule has 0 unspecified atom stereocenters. The fraction of sp³-hybridized carbons (Fsp3) is 0.294. The lowest BCUT2D eigenvalue weighted by molar-refractivity contribution is -0.140. The van der Waals surface area contributed by atoms with Crippen LogP contribution in [0.15, 0.2) is 54.0 Å². The van der Waals surface area contributed by atoms with Crippen molar-refractivity contribution >= 4 is 35.0 Å². The second-order valence-electron chi connectivity index (χ2n) is 6.09. The minimum absolute atomic E-state index is 0.0923. The van der Waals surface area contributed by atoms with Crippen molar-refractivity contribution < 1.29 is 19.5 Å². The van der Waals surface area contributed by atoms with Crippen molar-refractivity contribution in [2.45, 2.75) is 23.9 Å². The number of aliphatic imine (C=N–C) groups is 1. The Morgan fingerprint density at radius 2 is 1.85 bits per heavy atom. The standard InChI is InChI=1S/C17H19N5O4S/c1-12(24)27-17(15(14(18)16(25)26)20-6-2-3-7-20)11-22(13(10-23)19-17)21-8-4-5-9-21/h2-10,14-15H,11,18H2,1H3,(H,25,26)/t14-,15-,17-/m0/s1. The van der Waals surface area contributed by atoms with Gasteiger partial charge >= 0.3 is 5.97 Å². The minimum Gasteiger partial charge on any atom is -0.480 e. The number of hydrogen-bond acceptors (Lipinski definition) is 7. The van der Waals surface area contributed by atoms with Gasteiger partial charge in [0.15, 0.2) is 22.1 Å². The van der Waals surface area contributed by atoms with Crippen molar-refractivity contribution in [2.75, 3.05) is 11.6 Å². The Hall–Kier alpha value is -2.85. The Labute approximate surface area is 159 Å². The summed E-state index contributed by atoms with van der Waals surface area (Å²) in [5.41, 5.74) is 6.02. The first-order valence-corrected chi connectivity index (χ1v) is 8.96. The molecule has 3 heterocycles. The Morgan fingerprint density at radius 1 is 1.26 bits per heavy atom. The second kappa shape index (κ2) is 7.41. The predicted molar refractivity (Wildman–Crippen MR) is 101 cm³/mol. The normalized spacial score (nSPS) is 21.6. The van der Waals surface area contributed by atoms with Crippen molar-refractivity contribution in [1.29, 1.82) is 0 Å². The Balaban J connectivity index is 2.14. The van der Waals surface area contributed by atoms with Crippen LogP contribution in [0.5, 0.6) is 0 Å². The van der Waals surface area contributed by atoms with Gasteiger partial charge in [-0.3, -0.25) is 24.1 Å². The number of carboxylic acids is 1. The summed E-state index contributed by atoms with van der Waals surface area (Å²) in [5.74, 6) is -1.13. The van der Waals surface area contributed by atoms with Crippen LogP contribution in [0.2, 0.25) is 0 Å². The molecule has 2 aromatic rings. The minimum atomic E-state index is -1.34. The van der Waals surface area contributed by atoms with E-state index in [2.05, 4.69) is 4.99 Å². The third-order valence-corrected chi connectivity index (χ3v) is 5.38. The molecule has 3 atom stereocenters. The van der Waals surface area contributed by atoms with Gasteiger partial charge in [-0.15, -0.1) is 0 Å². The van der Waals surface area contributed by atoms with Gasteiger partial charge in [0.25, 0.3) is 0 Å². The van der Waals surface area contributed by atoms with Crippen molar-refractivity contribution in [2.24, 2.45) is 10.7 Å². The Morgan fingerprint density at radius 3 is 2.37 bits per heavy atom. The Kier molecular flexibility index (Phi) is 5.19. The van der Waals surface area contributed by atoms with E-state index in [1.165, 1.54) is 6.92 Å². The topological polar surface area (TPSA) is 123 Å². The average Bonchev–Trinajstić information content (AvgIpc) is 3.35. The van der Waals surface area contributed by atoms with Crippen LogP contribution in [0.1, 0.15) is 13.0 Å². The lowest BCUT2D eigenvalue weighted by atomic mass is 10.00. The maximum atomic E-state index is 12.0. The highest BCUT2D eigenvalue weighted by Gasteiger charge is 2.52. The zero-order valence-corrected chi connectivity index (χ0v) is 15.3. The van der Waals surface area contributed by atoms with Gasteiger partial charge in [0, 0.05) is 31.7 Å². The van der Waals surface area contributed by atoms with Gasteiger partial charge in [-0.25, -0.2) is 4.99 Å². The molecule has 0 aromatic carbocycles. The number of thioether (sulfide) groups is 1. The molecule has 2 aromatic heterocycles. The molecule has 0 spiro atoms. The zero-order chi connectivity index (χ0) is 19.6. The predicted octanol–water partition coefficient (Wildman–Crippen LogP) is 0.468. The van der Waals surface area contributed by atoms with Crippen LogP contribution in [-0.2, 0) is 14.4 Å². The summed E-state index contributed by atoms with van der Waals surface area (Å²) >= 11 is 0.877. The summed E-state index contributed by atoms with van der Waals surface area (Å²) < 4.78 is 3.29. The van der Waals surface area contributed by atoms with Crippen LogP contribution in [-0.4, -0.2) is 55.0 Å². The number of carbonyl (C=O) groups is 3. The highest BCUT2D eigenvalue weighted by Crippen LogP contribution is 2.43. The number of aliphatic carboxylic acids is 1. The van der Waals surface area contributed by atoms with Crippen LogP contribution in [0.25, 0.3) is 0 Å². The lowest BCUT2D eigenvalue weighted by Crippen LogP contribution is -2.53. The smallest absolute Gasteiger partial charge is 0.322 e. The summed E-state index contributed by atoms with van der Waals surface area (Å²) in [6, 6.07) is 4.80. The number of rotatable bonds is 7. The summed E-state index contributed by atoms with van der Waals surface area (Å²) in [4.78, 5) is 38.6. The van der Waals surface area contributed by atoms with Crippen LogP contribution in [0.4, 0.5) is 0 Å². The zero-order valence-electron chi connectivity index (χ0n) is 14.5. The maximum Gasteiger partial charge on any atom is 0.322 e. The first kappa shape index (κ1) is 18.9. The van der Waals surface area contributed by atoms with E-state index in [1.807, 2.05) is 0 Å². The third kappa shape index (κ3) is 3.53. The number of aldehydes is 1. The molecule has 0 radical (unpaired) electrons. The fourth-order valence-corrected chi connectivity index (χ4v) is 4.46. The van der Waals surface area contributed by atoms with Crippen molar-refractivity contribution in [1.82, 2.24) is 9.24 Å². The van der Waals surface area contributed by atoms with Crippen LogP contribution < -0.4 is 10.7 Å². The summed E-state index contributed by atoms with van der Waals surface area (Å²) in [6.45, 7) is 1.48. The van der Waals surface area contributed by atoms with E-state index in [9.17, 15) is 19.5 Å². The van der Waals surface area contributed by atoms with Crippen LogP contribution >= 0.6 is 11.8 Å². The third-order valence-electron chi connectivity index (χ3n) is 4.27. The fourth-order valence-electron chi connectivity index (χ4n) is 3.25. The highest BCUT2D eigenvalue weighted by atomic mass is 32.2. The first-order valence-electron chi connectivity index (χ1n) is 8.14. The summed E-state index contributed by atoms with van der Waals surface area (Å²) in [7, 11) is 0. The van der Waals surface area contributed by atoms with Gasteiger partial charge in [-0.1, -0.05) is 11.8 Å². The molecule has 1 aliphatic heterocycles. The molecule has 0 fully saturated rings. The average molecular weight is 389 g/mol. The molecule has 10 heteroatoms. The van der Waals surface area contributed by atoms with E-state index in [4.69, 9.17) is 5.73 Å². The van der Waals surface area contributed by atoms with E-state index < -0.39 is 22.9 Å². The molecule has 1 aliphatic rings. The number of nitrogens with zero attached hydrogens (tertiary/aromatic N) is 4. The molecule has 0 bridgehead atoms. The molecule has 3 N–H and O–H groups in total. The summed E-state index contributed by atoms with van der Waals surface area (Å²) in [5, 5.41) is 10.9. The van der Waals surface area contributed by atoms with Crippen molar-refractivity contribution in [3.05, 3.63) is 49.1 Å². The molecular formula is C17H19N5O4S. The monoisotopic (exact) mass is 389 g/mol. The van der Waals surface area contributed by atoms with E-state index >= 15 is 0 Å². The van der Waals surface area contributed by atoms with Gasteiger partial charge in [0.2, 0.25) is 0 Å². The van der Waals surface area contributed by atoms with Gasteiger partial charge in [0.1, 0.15) is 6.04 Å². The molecule has 3 rings (SSSR count). The first-order chi connectivity index (χ1) is 12.9. The van der Waals surface area contributed by atoms with E-state index in [-0.39, 0.29) is 17.5 Å². The van der Waals surface area contributed by atoms with Crippen LogP contribution in [0.3, 0.4) is 0 Å². The van der Waals surface area contributed by atoms with Gasteiger partial charge < -0.3 is 15.4 Å². The largest absolute Gasteiger partial charge is 0.480 e. The number of carboxylic acid groups (broad SMARTS) is 1. The molecule has 0 amide bonds.